The van der Waals surface area contributed by atoms with Crippen molar-refractivity contribution in [1.82, 2.24) is 19.0 Å². The van der Waals surface area contributed by atoms with Crippen LogP contribution < -0.4 is 5.32 Å². The van der Waals surface area contributed by atoms with Crippen LogP contribution in [0.4, 0.5) is 5.69 Å². The fourth-order valence-corrected chi connectivity index (χ4v) is 5.33. The second-order valence-corrected chi connectivity index (χ2v) is 9.98. The summed E-state index contributed by atoms with van der Waals surface area (Å²) in [5, 5.41) is 7.18. The molecule has 1 amide bonds. The Labute approximate surface area is 194 Å². The number of aromatic nitrogens is 2. The Hall–Kier alpha value is -3.01. The van der Waals surface area contributed by atoms with Crippen LogP contribution in [0.2, 0.25) is 0 Å². The van der Waals surface area contributed by atoms with Gasteiger partial charge in [0.15, 0.2) is 0 Å². The number of rotatable bonds is 8. The van der Waals surface area contributed by atoms with Crippen molar-refractivity contribution < 1.29 is 13.2 Å². The van der Waals surface area contributed by atoms with Crippen LogP contribution in [-0.2, 0) is 21.2 Å². The fraction of sp³-hybridized carbons (Fsp3) is 0.333. The zero-order valence-electron chi connectivity index (χ0n) is 18.7. The number of hydrogen-bond donors (Lipinski definition) is 1. The zero-order chi connectivity index (χ0) is 23.3. The van der Waals surface area contributed by atoms with E-state index >= 15 is 0 Å². The van der Waals surface area contributed by atoms with Gasteiger partial charge in [0.1, 0.15) is 0 Å². The van der Waals surface area contributed by atoms with Gasteiger partial charge in [0.25, 0.3) is 0 Å². The number of amides is 1. The highest BCUT2D eigenvalue weighted by Gasteiger charge is 2.28. The van der Waals surface area contributed by atoms with E-state index in [1.807, 2.05) is 36.5 Å². The van der Waals surface area contributed by atoms with Gasteiger partial charge < -0.3 is 10.2 Å². The first-order valence-corrected chi connectivity index (χ1v) is 12.6. The number of benzene rings is 2. The predicted molar refractivity (Wildman–Crippen MR) is 128 cm³/mol. The molecule has 9 heteroatoms. The maximum absolute atomic E-state index is 13.0. The molecule has 1 N–H and O–H groups in total. The molecule has 3 aromatic rings. The summed E-state index contributed by atoms with van der Waals surface area (Å²) in [5.41, 5.74) is 2.40. The number of sulfonamides is 1. The van der Waals surface area contributed by atoms with Crippen molar-refractivity contribution in [3.05, 3.63) is 72.6 Å². The van der Waals surface area contributed by atoms with Gasteiger partial charge in [-0.1, -0.05) is 31.2 Å². The summed E-state index contributed by atoms with van der Waals surface area (Å²) in [6, 6.07) is 16.3. The summed E-state index contributed by atoms with van der Waals surface area (Å²) in [7, 11) is -3.59. The SMILES string of the molecule is CCN1CCN(S(=O)(=O)c2cccc(NC(=O)CCc3cnn(-c4ccccc4)c3)c2)CC1. The van der Waals surface area contributed by atoms with E-state index in [4.69, 9.17) is 0 Å². The third-order valence-corrected chi connectivity index (χ3v) is 7.73. The number of nitrogens with zero attached hydrogens (tertiary/aromatic N) is 4. The van der Waals surface area contributed by atoms with Gasteiger partial charge in [0.05, 0.1) is 16.8 Å². The third-order valence-electron chi connectivity index (χ3n) is 5.83. The van der Waals surface area contributed by atoms with E-state index in [1.54, 1.807) is 29.1 Å². The third kappa shape index (κ3) is 5.68. The topological polar surface area (TPSA) is 87.5 Å². The van der Waals surface area contributed by atoms with Crippen molar-refractivity contribution in [2.45, 2.75) is 24.7 Å². The van der Waals surface area contributed by atoms with Gasteiger partial charge in [0.2, 0.25) is 15.9 Å². The molecule has 1 saturated heterocycles. The highest BCUT2D eigenvalue weighted by atomic mass is 32.2. The summed E-state index contributed by atoms with van der Waals surface area (Å²) in [4.78, 5) is 14.9. The quantitative estimate of drug-likeness (QED) is 0.551. The van der Waals surface area contributed by atoms with Crippen LogP contribution in [0.25, 0.3) is 5.69 Å². The van der Waals surface area contributed by atoms with Gasteiger partial charge in [-0.2, -0.15) is 9.40 Å². The van der Waals surface area contributed by atoms with Gasteiger partial charge in [-0.05, 0) is 48.9 Å². The van der Waals surface area contributed by atoms with Crippen LogP contribution in [0.1, 0.15) is 18.9 Å². The van der Waals surface area contributed by atoms with Gasteiger partial charge >= 0.3 is 0 Å². The minimum Gasteiger partial charge on any atom is -0.326 e. The van der Waals surface area contributed by atoms with E-state index in [0.29, 0.717) is 25.2 Å². The average molecular weight is 468 g/mol. The molecule has 4 rings (SSSR count). The van der Waals surface area contributed by atoms with Crippen molar-refractivity contribution in [2.24, 2.45) is 0 Å². The molecule has 1 aliphatic heterocycles. The molecule has 0 spiro atoms. The predicted octanol–water partition coefficient (Wildman–Crippen LogP) is 2.77. The normalized spacial score (nSPS) is 15.4. The lowest BCUT2D eigenvalue weighted by molar-refractivity contribution is -0.116. The number of nitrogens with one attached hydrogen (secondary N) is 1. The van der Waals surface area contributed by atoms with Crippen molar-refractivity contribution in [1.29, 1.82) is 0 Å². The lowest BCUT2D eigenvalue weighted by Crippen LogP contribution is -2.48. The lowest BCUT2D eigenvalue weighted by atomic mass is 10.2. The smallest absolute Gasteiger partial charge is 0.243 e. The van der Waals surface area contributed by atoms with Crippen LogP contribution >= 0.6 is 0 Å². The molecule has 0 bridgehead atoms. The van der Waals surface area contributed by atoms with Crippen molar-refractivity contribution >= 4 is 21.6 Å². The molecule has 0 radical (unpaired) electrons. The molecule has 0 atom stereocenters. The molecule has 33 heavy (non-hydrogen) atoms. The summed E-state index contributed by atoms with van der Waals surface area (Å²) in [6.07, 6.45) is 4.48. The summed E-state index contributed by atoms with van der Waals surface area (Å²) >= 11 is 0. The van der Waals surface area contributed by atoms with E-state index in [-0.39, 0.29) is 17.2 Å². The number of likely N-dealkylation sites (N-methyl/N-ethyl adjacent to an activating group) is 1. The van der Waals surface area contributed by atoms with Crippen molar-refractivity contribution in [2.75, 3.05) is 38.0 Å². The fourth-order valence-electron chi connectivity index (χ4n) is 3.86. The highest BCUT2D eigenvalue weighted by molar-refractivity contribution is 7.89. The molecule has 1 aromatic heterocycles. The first-order chi connectivity index (χ1) is 16.0. The molecule has 1 aliphatic rings. The minimum atomic E-state index is -3.59. The zero-order valence-corrected chi connectivity index (χ0v) is 19.5. The molecule has 2 heterocycles. The van der Waals surface area contributed by atoms with Crippen LogP contribution in [0.5, 0.6) is 0 Å². The maximum atomic E-state index is 13.0. The Balaban J connectivity index is 1.34. The molecule has 2 aromatic carbocycles. The summed E-state index contributed by atoms with van der Waals surface area (Å²) in [6.45, 7) is 5.40. The number of aryl methyl sites for hydroxylation is 1. The van der Waals surface area contributed by atoms with E-state index in [2.05, 4.69) is 22.2 Å². The van der Waals surface area contributed by atoms with Crippen LogP contribution in [0.3, 0.4) is 0 Å². The molecule has 0 saturated carbocycles. The number of para-hydroxylation sites is 1. The van der Waals surface area contributed by atoms with Crippen LogP contribution in [0, 0.1) is 0 Å². The Morgan fingerprint density at radius 1 is 1.03 bits per heavy atom. The van der Waals surface area contributed by atoms with Crippen molar-refractivity contribution in [3.8, 4) is 5.69 Å². The standard InChI is InChI=1S/C24H29N5O3S/c1-2-27-13-15-28(16-14-27)33(31,32)23-10-6-7-21(17-23)26-24(30)12-11-20-18-25-29(19-20)22-8-4-3-5-9-22/h3-10,17-19H,2,11-16H2,1H3,(H,26,30). The average Bonchev–Trinajstić information content (AvgIpc) is 3.33. The van der Waals surface area contributed by atoms with Gasteiger partial charge in [0, 0.05) is 44.5 Å². The molecule has 0 aliphatic carbocycles. The van der Waals surface area contributed by atoms with Gasteiger partial charge in [-0.15, -0.1) is 0 Å². The van der Waals surface area contributed by atoms with Crippen molar-refractivity contribution in [3.63, 3.8) is 0 Å². The molecule has 0 unspecified atom stereocenters. The van der Waals surface area contributed by atoms with E-state index < -0.39 is 10.0 Å². The number of hydrogen-bond acceptors (Lipinski definition) is 5. The number of carbonyl (C=O) groups excluding carboxylic acids is 1. The Bertz CT molecular complexity index is 1190. The lowest BCUT2D eigenvalue weighted by Gasteiger charge is -2.33. The maximum Gasteiger partial charge on any atom is 0.243 e. The first-order valence-electron chi connectivity index (χ1n) is 11.2. The molecule has 8 nitrogen and oxygen atoms in total. The minimum absolute atomic E-state index is 0.173. The number of anilines is 1. The second-order valence-electron chi connectivity index (χ2n) is 8.04. The van der Waals surface area contributed by atoms with Gasteiger partial charge in [-0.25, -0.2) is 13.1 Å². The molecular weight excluding hydrogens is 438 g/mol. The monoisotopic (exact) mass is 467 g/mol. The van der Waals surface area contributed by atoms with E-state index in [0.717, 1.165) is 30.9 Å². The largest absolute Gasteiger partial charge is 0.326 e. The molecular formula is C24H29N5O3S. The van der Waals surface area contributed by atoms with E-state index in [1.165, 1.54) is 10.4 Å². The van der Waals surface area contributed by atoms with E-state index in [9.17, 15) is 13.2 Å². The first kappa shape index (κ1) is 23.2. The Morgan fingerprint density at radius 3 is 2.52 bits per heavy atom. The van der Waals surface area contributed by atoms with Crippen LogP contribution in [0.15, 0.2) is 71.9 Å². The second kappa shape index (κ2) is 10.3. The molecule has 1 fully saturated rings. The molecule has 174 valence electrons. The Morgan fingerprint density at radius 2 is 1.79 bits per heavy atom. The highest BCUT2D eigenvalue weighted by Crippen LogP contribution is 2.21. The summed E-state index contributed by atoms with van der Waals surface area (Å²) < 4.78 is 29.4. The summed E-state index contributed by atoms with van der Waals surface area (Å²) in [5.74, 6) is -0.173. The van der Waals surface area contributed by atoms with Crippen LogP contribution in [-0.4, -0.2) is 66.0 Å². The number of piperazine rings is 1. The van der Waals surface area contributed by atoms with Gasteiger partial charge in [-0.3, -0.25) is 4.79 Å². The number of carbonyl (C=O) groups is 1. The Kier molecular flexibility index (Phi) is 7.22.